The van der Waals surface area contributed by atoms with Gasteiger partial charge in [-0.15, -0.1) is 0 Å². The van der Waals surface area contributed by atoms with Crippen molar-refractivity contribution in [2.24, 2.45) is 5.92 Å². The first kappa shape index (κ1) is 6.20. The normalized spacial score (nSPS) is 39.0. The molecule has 2 heteroatoms. The third kappa shape index (κ3) is 0.917. The highest BCUT2D eigenvalue weighted by atomic mass is 16.2. The summed E-state index contributed by atoms with van der Waals surface area (Å²) in [5, 5.41) is 4.07. The predicted molar refractivity (Wildman–Crippen MR) is 37.5 cm³/mol. The maximum absolute atomic E-state index is 10.8. The molecule has 0 aromatic carbocycles. The maximum atomic E-state index is 10.8. The first-order chi connectivity index (χ1) is 4.86. The molecular formula is C8H12NO. The molecule has 2 rings (SSSR count). The van der Waals surface area contributed by atoms with Gasteiger partial charge in [0.05, 0.1) is 6.04 Å². The number of hydrogen-bond donors (Lipinski definition) is 0. The molecule has 10 heavy (non-hydrogen) atoms. The number of nitrogens with zero attached hydrogens (tertiary/aromatic N) is 1. The molecule has 1 heterocycles. The van der Waals surface area contributed by atoms with Crippen molar-refractivity contribution >= 4 is 5.91 Å². The Bertz CT molecular complexity index is 139. The molecule has 2 nitrogen and oxygen atoms in total. The molecule has 55 valence electrons. The Hall–Kier alpha value is -0.530. The van der Waals surface area contributed by atoms with Crippen LogP contribution in [0.15, 0.2) is 0 Å². The van der Waals surface area contributed by atoms with E-state index in [9.17, 15) is 4.79 Å². The molecule has 1 saturated carbocycles. The van der Waals surface area contributed by atoms with Gasteiger partial charge in [0.15, 0.2) is 0 Å². The molecule has 2 aliphatic rings. The van der Waals surface area contributed by atoms with Crippen molar-refractivity contribution < 1.29 is 4.79 Å². The highest BCUT2D eigenvalue weighted by Gasteiger charge is 2.35. The lowest BCUT2D eigenvalue weighted by molar-refractivity contribution is -0.119. The van der Waals surface area contributed by atoms with Gasteiger partial charge in [-0.3, -0.25) is 4.79 Å². The van der Waals surface area contributed by atoms with E-state index in [1.165, 1.54) is 19.3 Å². The number of amides is 1. The zero-order chi connectivity index (χ0) is 6.97. The number of carbonyl (C=O) groups excluding carboxylic acids is 1. The third-order valence-electron chi connectivity index (χ3n) is 2.62. The van der Waals surface area contributed by atoms with Crippen molar-refractivity contribution in [3.8, 4) is 0 Å². The number of hydrogen-bond acceptors (Lipinski definition) is 1. The van der Waals surface area contributed by atoms with Gasteiger partial charge in [0.25, 0.3) is 0 Å². The molecule has 2 atom stereocenters. The predicted octanol–water partition coefficient (Wildman–Crippen LogP) is 1.08. The standard InChI is InChI=1S/C8H12NO/c10-8-5-6-3-1-2-4-7(6)9-8/h6-7H,1-5H2. The summed E-state index contributed by atoms with van der Waals surface area (Å²) in [6.45, 7) is 0. The van der Waals surface area contributed by atoms with Crippen LogP contribution in [0.4, 0.5) is 0 Å². The molecule has 2 unspecified atom stereocenters. The number of fused-ring (bicyclic) bond motifs is 1. The molecule has 0 spiro atoms. The molecule has 1 aliphatic heterocycles. The van der Waals surface area contributed by atoms with Crippen LogP contribution in [0, 0.1) is 5.92 Å². The minimum atomic E-state index is 0.150. The van der Waals surface area contributed by atoms with Gasteiger partial charge in [-0.25, -0.2) is 5.32 Å². The Balaban J connectivity index is 2.04. The lowest BCUT2D eigenvalue weighted by Gasteiger charge is -2.21. The summed E-state index contributed by atoms with van der Waals surface area (Å²) in [5.41, 5.74) is 0. The van der Waals surface area contributed by atoms with E-state index in [1.54, 1.807) is 0 Å². The van der Waals surface area contributed by atoms with Crippen LogP contribution in [0.2, 0.25) is 0 Å². The lowest BCUT2D eigenvalue weighted by atomic mass is 9.85. The van der Waals surface area contributed by atoms with Crippen molar-refractivity contribution in [2.45, 2.75) is 38.1 Å². The molecule has 0 aromatic rings. The topological polar surface area (TPSA) is 31.2 Å². The molecule has 1 saturated heterocycles. The van der Waals surface area contributed by atoms with E-state index < -0.39 is 0 Å². The second kappa shape index (κ2) is 2.26. The van der Waals surface area contributed by atoms with Gasteiger partial charge < -0.3 is 0 Å². The lowest BCUT2D eigenvalue weighted by Crippen LogP contribution is -2.25. The van der Waals surface area contributed by atoms with Gasteiger partial charge in [0.1, 0.15) is 0 Å². The Morgan fingerprint density at radius 1 is 1.30 bits per heavy atom. The Labute approximate surface area is 61.0 Å². The summed E-state index contributed by atoms with van der Waals surface area (Å²) in [6, 6.07) is 0.418. The summed E-state index contributed by atoms with van der Waals surface area (Å²) in [7, 11) is 0. The van der Waals surface area contributed by atoms with E-state index in [0.717, 1.165) is 12.8 Å². The van der Waals surface area contributed by atoms with Crippen molar-refractivity contribution in [3.05, 3.63) is 0 Å². The van der Waals surface area contributed by atoms with E-state index in [1.807, 2.05) is 0 Å². The highest BCUT2D eigenvalue weighted by molar-refractivity contribution is 5.78. The summed E-state index contributed by atoms with van der Waals surface area (Å²) in [4.78, 5) is 10.8. The van der Waals surface area contributed by atoms with Crippen LogP contribution in [0.5, 0.6) is 0 Å². The molecule has 1 radical (unpaired) electrons. The second-order valence-corrected chi connectivity index (χ2v) is 3.34. The van der Waals surface area contributed by atoms with Gasteiger partial charge in [-0.1, -0.05) is 12.8 Å². The van der Waals surface area contributed by atoms with Crippen LogP contribution < -0.4 is 5.32 Å². The first-order valence-corrected chi connectivity index (χ1v) is 4.10. The monoisotopic (exact) mass is 138 g/mol. The fraction of sp³-hybridized carbons (Fsp3) is 0.875. The number of rotatable bonds is 0. The minimum Gasteiger partial charge on any atom is -0.273 e. The Morgan fingerprint density at radius 2 is 2.10 bits per heavy atom. The van der Waals surface area contributed by atoms with E-state index in [-0.39, 0.29) is 5.91 Å². The molecule has 0 N–H and O–H groups in total. The van der Waals surface area contributed by atoms with E-state index in [4.69, 9.17) is 0 Å². The Morgan fingerprint density at radius 3 is 2.90 bits per heavy atom. The van der Waals surface area contributed by atoms with Crippen LogP contribution in [0.25, 0.3) is 0 Å². The van der Waals surface area contributed by atoms with Gasteiger partial charge in [-0.2, -0.15) is 0 Å². The smallest absolute Gasteiger partial charge is 0.241 e. The SMILES string of the molecule is O=C1CC2CCCCC2[N]1. The maximum Gasteiger partial charge on any atom is 0.241 e. The van der Waals surface area contributed by atoms with E-state index in [2.05, 4.69) is 5.32 Å². The van der Waals surface area contributed by atoms with Crippen LogP contribution in [-0.2, 0) is 4.79 Å². The van der Waals surface area contributed by atoms with Crippen LogP contribution in [0.1, 0.15) is 32.1 Å². The highest BCUT2D eigenvalue weighted by Crippen LogP contribution is 2.31. The van der Waals surface area contributed by atoms with Gasteiger partial charge in [0.2, 0.25) is 5.91 Å². The largest absolute Gasteiger partial charge is 0.273 e. The van der Waals surface area contributed by atoms with Crippen molar-refractivity contribution in [1.82, 2.24) is 5.32 Å². The zero-order valence-electron chi connectivity index (χ0n) is 6.05. The van der Waals surface area contributed by atoms with Crippen molar-refractivity contribution in [1.29, 1.82) is 0 Å². The Kier molecular flexibility index (Phi) is 1.40. The number of carbonyl (C=O) groups is 1. The fourth-order valence-corrected chi connectivity index (χ4v) is 2.06. The average Bonchev–Trinajstić information content (AvgIpc) is 2.27. The minimum absolute atomic E-state index is 0.150. The second-order valence-electron chi connectivity index (χ2n) is 3.34. The quantitative estimate of drug-likeness (QED) is 0.492. The third-order valence-corrected chi connectivity index (χ3v) is 2.62. The van der Waals surface area contributed by atoms with Crippen molar-refractivity contribution in [2.75, 3.05) is 0 Å². The molecule has 0 aromatic heterocycles. The summed E-state index contributed by atoms with van der Waals surface area (Å²) in [6.07, 6.45) is 5.73. The summed E-state index contributed by atoms with van der Waals surface area (Å²) >= 11 is 0. The van der Waals surface area contributed by atoms with Crippen molar-refractivity contribution in [3.63, 3.8) is 0 Å². The average molecular weight is 138 g/mol. The molecule has 0 bridgehead atoms. The summed E-state index contributed by atoms with van der Waals surface area (Å²) < 4.78 is 0. The first-order valence-electron chi connectivity index (χ1n) is 4.10. The molecular weight excluding hydrogens is 126 g/mol. The summed E-state index contributed by atoms with van der Waals surface area (Å²) in [5.74, 6) is 0.776. The van der Waals surface area contributed by atoms with Gasteiger partial charge in [-0.05, 0) is 18.8 Å². The van der Waals surface area contributed by atoms with Gasteiger partial charge in [0, 0.05) is 6.42 Å². The van der Waals surface area contributed by atoms with E-state index in [0.29, 0.717) is 12.0 Å². The van der Waals surface area contributed by atoms with Gasteiger partial charge >= 0.3 is 0 Å². The van der Waals surface area contributed by atoms with Crippen LogP contribution in [0.3, 0.4) is 0 Å². The molecule has 1 amide bonds. The molecule has 1 aliphatic carbocycles. The van der Waals surface area contributed by atoms with Crippen LogP contribution in [-0.4, -0.2) is 11.9 Å². The molecule has 2 fully saturated rings. The van der Waals surface area contributed by atoms with Crippen LogP contribution >= 0.6 is 0 Å². The van der Waals surface area contributed by atoms with E-state index >= 15 is 0 Å². The zero-order valence-corrected chi connectivity index (χ0v) is 6.05. The fourth-order valence-electron chi connectivity index (χ4n) is 2.06.